The van der Waals surface area contributed by atoms with Crippen LogP contribution in [0.4, 0.5) is 14.5 Å². The van der Waals surface area contributed by atoms with E-state index in [9.17, 15) is 8.78 Å². The molecule has 12 heavy (non-hydrogen) atoms. The third-order valence-electron chi connectivity index (χ3n) is 1.18. The van der Waals surface area contributed by atoms with Crippen LogP contribution in [0.5, 0.6) is 0 Å². The summed E-state index contributed by atoms with van der Waals surface area (Å²) in [5, 5.41) is 1.62. The van der Waals surface area contributed by atoms with E-state index in [1.807, 2.05) is 5.16 Å². The number of hydrogen-bond acceptors (Lipinski definition) is 2. The molecular formula is C7H2ClF2NS. The zero-order valence-electron chi connectivity index (χ0n) is 5.64. The monoisotopic (exact) mass is 205 g/mol. The van der Waals surface area contributed by atoms with Crippen LogP contribution < -0.4 is 0 Å². The van der Waals surface area contributed by atoms with Crippen molar-refractivity contribution in [3.63, 3.8) is 0 Å². The molecule has 1 rings (SSSR count). The first kappa shape index (κ1) is 9.26. The molecule has 0 spiro atoms. The lowest BCUT2D eigenvalue weighted by molar-refractivity contribution is 0.509. The molecular weight excluding hydrogens is 204 g/mol. The molecule has 1 nitrogen and oxygen atoms in total. The lowest BCUT2D eigenvalue weighted by Gasteiger charge is -1.97. The van der Waals surface area contributed by atoms with Crippen molar-refractivity contribution < 1.29 is 8.78 Å². The summed E-state index contributed by atoms with van der Waals surface area (Å²) < 4.78 is 25.1. The highest BCUT2D eigenvalue weighted by Crippen LogP contribution is 2.28. The Balaban J connectivity index is 3.35. The fourth-order valence-electron chi connectivity index (χ4n) is 0.651. The quantitative estimate of drug-likeness (QED) is 0.389. The van der Waals surface area contributed by atoms with Gasteiger partial charge in [0.1, 0.15) is 5.02 Å². The molecule has 0 aliphatic rings. The van der Waals surface area contributed by atoms with Crippen LogP contribution in [-0.2, 0) is 0 Å². The first-order chi connectivity index (χ1) is 5.66. The molecule has 0 saturated heterocycles. The summed E-state index contributed by atoms with van der Waals surface area (Å²) in [5.74, 6) is -2.13. The second kappa shape index (κ2) is 3.72. The molecule has 5 heteroatoms. The van der Waals surface area contributed by atoms with Crippen LogP contribution in [0.25, 0.3) is 0 Å². The normalized spacial score (nSPS) is 9.25. The molecule has 0 aromatic heterocycles. The summed E-state index contributed by atoms with van der Waals surface area (Å²) in [6.45, 7) is 0. The Morgan fingerprint density at radius 3 is 2.67 bits per heavy atom. The van der Waals surface area contributed by atoms with E-state index < -0.39 is 11.6 Å². The van der Waals surface area contributed by atoms with Gasteiger partial charge >= 0.3 is 0 Å². The van der Waals surface area contributed by atoms with Gasteiger partial charge in [0.2, 0.25) is 0 Å². The summed E-state index contributed by atoms with van der Waals surface area (Å²) in [4.78, 5) is 3.43. The van der Waals surface area contributed by atoms with Crippen molar-refractivity contribution in [3.05, 3.63) is 28.8 Å². The zero-order chi connectivity index (χ0) is 9.14. The topological polar surface area (TPSA) is 12.4 Å². The number of rotatable bonds is 1. The Kier molecular flexibility index (Phi) is 2.87. The standard InChI is InChI=1S/C7H2ClF2NS/c8-6-5(11-3-12)2-1-4(9)7(6)10/h1-2H. The van der Waals surface area contributed by atoms with Gasteiger partial charge < -0.3 is 0 Å². The van der Waals surface area contributed by atoms with Crippen LogP contribution in [-0.4, -0.2) is 5.16 Å². The van der Waals surface area contributed by atoms with Crippen molar-refractivity contribution in [2.75, 3.05) is 0 Å². The van der Waals surface area contributed by atoms with Crippen LogP contribution in [0.3, 0.4) is 0 Å². The number of thiocarbonyl (C=S) groups is 1. The fraction of sp³-hybridized carbons (Fsp3) is 0. The number of benzene rings is 1. The van der Waals surface area contributed by atoms with Crippen molar-refractivity contribution in [3.8, 4) is 0 Å². The first-order valence-electron chi connectivity index (χ1n) is 2.88. The Morgan fingerprint density at radius 2 is 2.08 bits per heavy atom. The smallest absolute Gasteiger partial charge is 0.179 e. The maximum Gasteiger partial charge on any atom is 0.179 e. The summed E-state index contributed by atoms with van der Waals surface area (Å²) in [6, 6.07) is 2.15. The minimum Gasteiger partial charge on any atom is -0.204 e. The molecule has 0 fully saturated rings. The van der Waals surface area contributed by atoms with Crippen molar-refractivity contribution in [1.29, 1.82) is 0 Å². The van der Waals surface area contributed by atoms with E-state index in [0.717, 1.165) is 6.07 Å². The third kappa shape index (κ3) is 1.67. The molecule has 0 unspecified atom stereocenters. The van der Waals surface area contributed by atoms with Crippen LogP contribution in [0.1, 0.15) is 0 Å². The summed E-state index contributed by atoms with van der Waals surface area (Å²) >= 11 is 9.66. The summed E-state index contributed by atoms with van der Waals surface area (Å²) in [6.07, 6.45) is 0. The number of halogens is 3. The molecule has 0 heterocycles. The third-order valence-corrected chi connectivity index (χ3v) is 1.63. The van der Waals surface area contributed by atoms with Gasteiger partial charge in [0, 0.05) is 0 Å². The Hall–Kier alpha value is -0.830. The molecule has 0 aliphatic heterocycles. The van der Waals surface area contributed by atoms with Gasteiger partial charge in [-0.25, -0.2) is 8.78 Å². The summed E-state index contributed by atoms with van der Waals surface area (Å²) in [7, 11) is 0. The van der Waals surface area contributed by atoms with E-state index in [4.69, 9.17) is 11.6 Å². The van der Waals surface area contributed by atoms with Crippen LogP contribution in [0.15, 0.2) is 17.1 Å². The zero-order valence-corrected chi connectivity index (χ0v) is 7.22. The molecule has 1 aromatic carbocycles. The van der Waals surface area contributed by atoms with Crippen molar-refractivity contribution in [2.45, 2.75) is 0 Å². The van der Waals surface area contributed by atoms with Gasteiger partial charge in [-0.1, -0.05) is 11.6 Å². The maximum absolute atomic E-state index is 12.7. The first-order valence-corrected chi connectivity index (χ1v) is 3.67. The van der Waals surface area contributed by atoms with Gasteiger partial charge in [0.05, 0.1) is 10.8 Å². The molecule has 1 aromatic rings. The van der Waals surface area contributed by atoms with Crippen molar-refractivity contribution in [2.24, 2.45) is 4.99 Å². The average Bonchev–Trinajstić information content (AvgIpc) is 2.07. The molecule has 0 bridgehead atoms. The molecule has 0 radical (unpaired) electrons. The van der Waals surface area contributed by atoms with Crippen LogP contribution in [0, 0.1) is 11.6 Å². The van der Waals surface area contributed by atoms with Crippen LogP contribution in [0.2, 0.25) is 5.02 Å². The Bertz CT molecular complexity index is 361. The van der Waals surface area contributed by atoms with E-state index in [2.05, 4.69) is 17.2 Å². The fourth-order valence-corrected chi connectivity index (χ4v) is 0.945. The van der Waals surface area contributed by atoms with Gasteiger partial charge in [-0.05, 0) is 24.4 Å². The number of hydrogen-bond donors (Lipinski definition) is 0. The maximum atomic E-state index is 12.7. The summed E-state index contributed by atoms with van der Waals surface area (Å²) in [5.41, 5.74) is 0.0746. The molecule has 62 valence electrons. The van der Waals surface area contributed by atoms with E-state index in [1.165, 1.54) is 6.07 Å². The Morgan fingerprint density at radius 1 is 1.42 bits per heavy atom. The van der Waals surface area contributed by atoms with Gasteiger partial charge in [-0.2, -0.15) is 4.99 Å². The molecule has 0 saturated carbocycles. The van der Waals surface area contributed by atoms with E-state index in [-0.39, 0.29) is 10.7 Å². The highest BCUT2D eigenvalue weighted by Gasteiger charge is 2.09. The van der Waals surface area contributed by atoms with Gasteiger partial charge in [0.15, 0.2) is 11.6 Å². The van der Waals surface area contributed by atoms with E-state index >= 15 is 0 Å². The van der Waals surface area contributed by atoms with E-state index in [0.29, 0.717) is 0 Å². The number of isothiocyanates is 1. The van der Waals surface area contributed by atoms with Gasteiger partial charge in [-0.15, -0.1) is 0 Å². The number of nitrogens with zero attached hydrogens (tertiary/aromatic N) is 1. The van der Waals surface area contributed by atoms with Crippen LogP contribution >= 0.6 is 23.8 Å². The van der Waals surface area contributed by atoms with Gasteiger partial charge in [0.25, 0.3) is 0 Å². The average molecular weight is 206 g/mol. The van der Waals surface area contributed by atoms with Gasteiger partial charge in [-0.3, -0.25) is 0 Å². The highest BCUT2D eigenvalue weighted by molar-refractivity contribution is 7.78. The molecule has 0 atom stereocenters. The molecule has 0 N–H and O–H groups in total. The molecule has 0 aliphatic carbocycles. The lowest BCUT2D eigenvalue weighted by atomic mass is 10.3. The van der Waals surface area contributed by atoms with Crippen molar-refractivity contribution in [1.82, 2.24) is 0 Å². The van der Waals surface area contributed by atoms with E-state index in [1.54, 1.807) is 0 Å². The number of aliphatic imine (C=N–C) groups is 1. The lowest BCUT2D eigenvalue weighted by Crippen LogP contribution is -1.83. The van der Waals surface area contributed by atoms with Crippen molar-refractivity contribution >= 4 is 34.7 Å². The Labute approximate surface area is 77.7 Å². The minimum absolute atomic E-state index is 0.0746. The molecule has 0 amide bonds. The highest BCUT2D eigenvalue weighted by atomic mass is 35.5. The predicted molar refractivity (Wildman–Crippen MR) is 46.1 cm³/mol. The minimum atomic E-state index is -1.12. The largest absolute Gasteiger partial charge is 0.204 e. The predicted octanol–water partition coefficient (Wildman–Crippen LogP) is 3.35. The second-order valence-corrected chi connectivity index (χ2v) is 2.46. The SMILES string of the molecule is Fc1ccc(N=C=S)c(Cl)c1F. The second-order valence-electron chi connectivity index (χ2n) is 1.90.